The first-order valence-electron chi connectivity index (χ1n) is 9.88. The van der Waals surface area contributed by atoms with Gasteiger partial charge in [-0.1, -0.05) is 99.0 Å². The Balaban J connectivity index is 2.06. The van der Waals surface area contributed by atoms with Crippen LogP contribution in [0, 0.1) is 0 Å². The smallest absolute Gasteiger partial charge is 0.449 e. The van der Waals surface area contributed by atoms with Crippen molar-refractivity contribution in [2.24, 2.45) is 0 Å². The van der Waals surface area contributed by atoms with Gasteiger partial charge in [0.2, 0.25) is 0 Å². The molecule has 0 heterocycles. The molecule has 0 radical (unpaired) electrons. The molecule has 0 atom stereocenters. The van der Waals surface area contributed by atoms with Crippen LogP contribution in [-0.2, 0) is 6.42 Å². The summed E-state index contributed by atoms with van der Waals surface area (Å²) in [6, 6.07) is 23.8. The van der Waals surface area contributed by atoms with Gasteiger partial charge in [0.05, 0.1) is 0 Å². The van der Waals surface area contributed by atoms with Crippen molar-refractivity contribution in [3.63, 3.8) is 0 Å². The molecule has 0 spiro atoms. The molecule has 0 aliphatic heterocycles. The number of aryl methyl sites for hydroxylation is 1. The van der Waals surface area contributed by atoms with Gasteiger partial charge in [-0.05, 0) is 29.5 Å². The van der Waals surface area contributed by atoms with Gasteiger partial charge in [-0.2, -0.15) is 0 Å². The molecule has 0 saturated heterocycles. The normalized spacial score (nSPS) is 10.6. The van der Waals surface area contributed by atoms with Crippen molar-refractivity contribution >= 4 is 6.16 Å². The van der Waals surface area contributed by atoms with Crippen LogP contribution in [0.15, 0.2) is 72.8 Å². The molecule has 144 valence electrons. The molecule has 0 fully saturated rings. The molecule has 0 unspecified atom stereocenters. The lowest BCUT2D eigenvalue weighted by Gasteiger charge is -2.16. The molecular weight excluding hydrogens is 348 g/mol. The van der Waals surface area contributed by atoms with E-state index in [-0.39, 0.29) is 0 Å². The number of hydrogen-bond acceptors (Lipinski definition) is 2. The van der Waals surface area contributed by atoms with E-state index in [0.29, 0.717) is 5.75 Å². The number of rotatable bonds is 8. The second-order valence-corrected chi connectivity index (χ2v) is 6.88. The van der Waals surface area contributed by atoms with Crippen LogP contribution < -0.4 is 4.74 Å². The minimum atomic E-state index is -1.30. The molecule has 3 aromatic carbocycles. The zero-order valence-corrected chi connectivity index (χ0v) is 16.2. The standard InChI is InChI=1S/C25H26O3/c1-2-3-4-6-12-19-15-9-10-16-21(19)23-18-11-17-22(24(23)28-25(26)27)20-13-7-5-8-14-20/h5,7-11,13-18H,2-4,6,12H2,1H3,(H,26,27). The summed E-state index contributed by atoms with van der Waals surface area (Å²) in [5.41, 5.74) is 4.78. The molecular formula is C25H26O3. The highest BCUT2D eigenvalue weighted by molar-refractivity contribution is 5.86. The molecule has 0 aliphatic carbocycles. The summed E-state index contributed by atoms with van der Waals surface area (Å²) in [6.07, 6.45) is 4.44. The predicted octanol–water partition coefficient (Wildman–Crippen LogP) is 7.20. The Hall–Kier alpha value is -3.07. The second-order valence-electron chi connectivity index (χ2n) is 6.88. The number of para-hydroxylation sites is 1. The van der Waals surface area contributed by atoms with Crippen molar-refractivity contribution < 1.29 is 14.6 Å². The lowest BCUT2D eigenvalue weighted by atomic mass is 9.92. The summed E-state index contributed by atoms with van der Waals surface area (Å²) in [6.45, 7) is 2.21. The third kappa shape index (κ3) is 4.80. The summed E-state index contributed by atoms with van der Waals surface area (Å²) in [7, 11) is 0. The van der Waals surface area contributed by atoms with Crippen molar-refractivity contribution in [3.05, 3.63) is 78.4 Å². The summed E-state index contributed by atoms with van der Waals surface area (Å²) in [5.74, 6) is 0.391. The monoisotopic (exact) mass is 374 g/mol. The largest absolute Gasteiger partial charge is 0.511 e. The average molecular weight is 374 g/mol. The van der Waals surface area contributed by atoms with Gasteiger partial charge >= 0.3 is 6.16 Å². The van der Waals surface area contributed by atoms with Crippen LogP contribution in [0.2, 0.25) is 0 Å². The van der Waals surface area contributed by atoms with Gasteiger partial charge in [-0.15, -0.1) is 0 Å². The Morgan fingerprint density at radius 1 is 0.786 bits per heavy atom. The molecule has 0 aliphatic rings. The number of hydrogen-bond donors (Lipinski definition) is 1. The zero-order chi connectivity index (χ0) is 19.8. The van der Waals surface area contributed by atoms with Crippen LogP contribution in [0.3, 0.4) is 0 Å². The molecule has 0 saturated carbocycles. The summed E-state index contributed by atoms with van der Waals surface area (Å²) in [5, 5.41) is 9.36. The highest BCUT2D eigenvalue weighted by Crippen LogP contribution is 2.40. The number of ether oxygens (including phenoxy) is 1. The highest BCUT2D eigenvalue weighted by Gasteiger charge is 2.18. The first-order valence-corrected chi connectivity index (χ1v) is 9.88. The van der Waals surface area contributed by atoms with E-state index in [1.807, 2.05) is 66.7 Å². The Kier molecular flexibility index (Phi) is 6.85. The lowest BCUT2D eigenvalue weighted by molar-refractivity contribution is 0.145. The van der Waals surface area contributed by atoms with Gasteiger partial charge in [-0.3, -0.25) is 0 Å². The molecule has 0 amide bonds. The van der Waals surface area contributed by atoms with Crippen LogP contribution in [0.25, 0.3) is 22.3 Å². The van der Waals surface area contributed by atoms with E-state index < -0.39 is 6.16 Å². The second kappa shape index (κ2) is 9.75. The highest BCUT2D eigenvalue weighted by atomic mass is 16.7. The topological polar surface area (TPSA) is 46.5 Å². The Bertz CT molecular complexity index is 916. The first kappa shape index (κ1) is 19.7. The maximum atomic E-state index is 11.4. The van der Waals surface area contributed by atoms with Crippen LogP contribution in [-0.4, -0.2) is 11.3 Å². The predicted molar refractivity (Wildman–Crippen MR) is 114 cm³/mol. The average Bonchev–Trinajstić information content (AvgIpc) is 2.72. The fraction of sp³-hybridized carbons (Fsp3) is 0.240. The van der Waals surface area contributed by atoms with E-state index in [4.69, 9.17) is 4.74 Å². The lowest BCUT2D eigenvalue weighted by Crippen LogP contribution is -2.06. The molecule has 3 aromatic rings. The van der Waals surface area contributed by atoms with Crippen molar-refractivity contribution in [2.45, 2.75) is 39.0 Å². The van der Waals surface area contributed by atoms with Crippen molar-refractivity contribution in [2.75, 3.05) is 0 Å². The fourth-order valence-corrected chi connectivity index (χ4v) is 3.53. The Morgan fingerprint density at radius 2 is 1.46 bits per heavy atom. The number of carboxylic acid groups (broad SMARTS) is 1. The van der Waals surface area contributed by atoms with E-state index in [0.717, 1.165) is 35.1 Å². The van der Waals surface area contributed by atoms with Crippen molar-refractivity contribution in [3.8, 4) is 28.0 Å². The van der Waals surface area contributed by atoms with Crippen LogP contribution in [0.4, 0.5) is 4.79 Å². The summed E-state index contributed by atoms with van der Waals surface area (Å²) < 4.78 is 5.30. The minimum absolute atomic E-state index is 0.391. The molecule has 0 bridgehead atoms. The number of benzene rings is 3. The van der Waals surface area contributed by atoms with E-state index in [1.165, 1.54) is 24.8 Å². The zero-order valence-electron chi connectivity index (χ0n) is 16.2. The third-order valence-corrected chi connectivity index (χ3v) is 4.90. The minimum Gasteiger partial charge on any atom is -0.449 e. The van der Waals surface area contributed by atoms with Gasteiger partial charge < -0.3 is 9.84 Å². The first-order chi connectivity index (χ1) is 13.7. The van der Waals surface area contributed by atoms with Gasteiger partial charge in [0, 0.05) is 11.1 Å². The van der Waals surface area contributed by atoms with Crippen LogP contribution in [0.5, 0.6) is 5.75 Å². The SMILES string of the molecule is CCCCCCc1ccccc1-c1cccc(-c2ccccc2)c1OC(=O)O. The van der Waals surface area contributed by atoms with E-state index in [2.05, 4.69) is 13.0 Å². The molecule has 3 rings (SSSR count). The van der Waals surface area contributed by atoms with E-state index in [1.54, 1.807) is 0 Å². The van der Waals surface area contributed by atoms with E-state index >= 15 is 0 Å². The molecule has 0 aromatic heterocycles. The fourth-order valence-electron chi connectivity index (χ4n) is 3.53. The van der Waals surface area contributed by atoms with Crippen molar-refractivity contribution in [1.29, 1.82) is 0 Å². The third-order valence-electron chi connectivity index (χ3n) is 4.90. The van der Waals surface area contributed by atoms with Gasteiger partial charge in [0.15, 0.2) is 0 Å². The summed E-state index contributed by atoms with van der Waals surface area (Å²) in [4.78, 5) is 11.4. The molecule has 28 heavy (non-hydrogen) atoms. The Morgan fingerprint density at radius 3 is 2.21 bits per heavy atom. The van der Waals surface area contributed by atoms with Gasteiger partial charge in [0.1, 0.15) is 5.75 Å². The number of unbranched alkanes of at least 4 members (excludes halogenated alkanes) is 3. The van der Waals surface area contributed by atoms with Gasteiger partial charge in [0.25, 0.3) is 0 Å². The van der Waals surface area contributed by atoms with E-state index in [9.17, 15) is 9.90 Å². The number of carbonyl (C=O) groups is 1. The molecule has 3 nitrogen and oxygen atoms in total. The van der Waals surface area contributed by atoms with Crippen LogP contribution >= 0.6 is 0 Å². The maximum Gasteiger partial charge on any atom is 0.511 e. The van der Waals surface area contributed by atoms with Gasteiger partial charge in [-0.25, -0.2) is 4.79 Å². The summed E-state index contributed by atoms with van der Waals surface area (Å²) >= 11 is 0. The van der Waals surface area contributed by atoms with Crippen molar-refractivity contribution in [1.82, 2.24) is 0 Å². The molecule has 1 N–H and O–H groups in total. The van der Waals surface area contributed by atoms with Crippen LogP contribution in [0.1, 0.15) is 38.2 Å². The maximum absolute atomic E-state index is 11.4. The Labute approximate surface area is 166 Å². The molecule has 3 heteroatoms. The quantitative estimate of drug-likeness (QED) is 0.258.